The molecule has 8 nitrogen and oxygen atoms in total. The number of terminal acetylenes is 1. The molecule has 0 spiro atoms. The van der Waals surface area contributed by atoms with Crippen LogP contribution in [0.5, 0.6) is 0 Å². The van der Waals surface area contributed by atoms with Crippen molar-refractivity contribution in [3.05, 3.63) is 55.9 Å². The van der Waals surface area contributed by atoms with Crippen LogP contribution in [0.4, 0.5) is 11.5 Å². The van der Waals surface area contributed by atoms with Gasteiger partial charge in [-0.3, -0.25) is 19.7 Å². The fourth-order valence-corrected chi connectivity index (χ4v) is 3.21. The summed E-state index contributed by atoms with van der Waals surface area (Å²) in [5, 5.41) is 13.9. The monoisotopic (exact) mass is 356 g/mol. The smallest absolute Gasteiger partial charge is 0.269 e. The van der Waals surface area contributed by atoms with Crippen molar-refractivity contribution in [2.24, 2.45) is 0 Å². The number of rotatable bonds is 4. The summed E-state index contributed by atoms with van der Waals surface area (Å²) in [5.41, 5.74) is 0.295. The quantitative estimate of drug-likeness (QED) is 0.284. The topological polar surface area (TPSA) is 118 Å². The molecular weight excluding hydrogens is 344 g/mol. The van der Waals surface area contributed by atoms with Crippen LogP contribution in [0, 0.1) is 22.5 Å². The lowest BCUT2D eigenvalue weighted by Gasteiger charge is -2.24. The Balaban J connectivity index is 2.09. The third kappa shape index (κ3) is 3.39. The average Bonchev–Trinajstić information content (AvgIpc) is 2.59. The first-order valence-corrected chi connectivity index (χ1v) is 8.23. The number of nitrogens with zero attached hydrogens (tertiary/aromatic N) is 2. The summed E-state index contributed by atoms with van der Waals surface area (Å²) in [4.78, 5) is 41.9. The third-order valence-electron chi connectivity index (χ3n) is 3.70. The van der Waals surface area contributed by atoms with E-state index in [2.05, 4.69) is 21.2 Å². The molecule has 0 fully saturated rings. The van der Waals surface area contributed by atoms with E-state index >= 15 is 0 Å². The van der Waals surface area contributed by atoms with Gasteiger partial charge in [0.1, 0.15) is 5.82 Å². The van der Waals surface area contributed by atoms with Gasteiger partial charge in [-0.05, 0) is 5.56 Å². The molecular formula is C16H12N4O4S. The predicted octanol–water partition coefficient (Wildman–Crippen LogP) is 1.88. The SMILES string of the molecule is C#CCSc1nc2c(c(=O)[nH]1)C(c1cccc([N+](=O)[O-])c1)CC(=O)N2. The number of amides is 1. The minimum Gasteiger partial charge on any atom is -0.310 e. The fourth-order valence-electron chi connectivity index (χ4n) is 2.67. The summed E-state index contributed by atoms with van der Waals surface area (Å²) < 4.78 is 0. The van der Waals surface area contributed by atoms with Gasteiger partial charge in [0.15, 0.2) is 5.16 Å². The van der Waals surface area contributed by atoms with E-state index in [1.165, 1.54) is 30.0 Å². The van der Waals surface area contributed by atoms with E-state index in [-0.39, 0.29) is 29.4 Å². The van der Waals surface area contributed by atoms with Crippen LogP contribution in [0.15, 0.2) is 34.2 Å². The van der Waals surface area contributed by atoms with Crippen LogP contribution in [-0.4, -0.2) is 26.6 Å². The van der Waals surface area contributed by atoms with Gasteiger partial charge in [0.2, 0.25) is 5.91 Å². The molecule has 1 aromatic heterocycles. The number of nitrogens with one attached hydrogen (secondary N) is 2. The Bertz CT molecular complexity index is 963. The molecule has 2 aromatic rings. The second kappa shape index (κ2) is 6.78. The predicted molar refractivity (Wildman–Crippen MR) is 92.6 cm³/mol. The van der Waals surface area contributed by atoms with Crippen molar-refractivity contribution >= 4 is 29.2 Å². The molecule has 1 amide bonds. The number of aromatic amines is 1. The Morgan fingerprint density at radius 1 is 1.44 bits per heavy atom. The van der Waals surface area contributed by atoms with Crippen molar-refractivity contribution in [3.63, 3.8) is 0 Å². The summed E-state index contributed by atoms with van der Waals surface area (Å²) in [6.45, 7) is 0. The summed E-state index contributed by atoms with van der Waals surface area (Å²) in [7, 11) is 0. The number of benzene rings is 1. The first-order chi connectivity index (χ1) is 12.0. The van der Waals surface area contributed by atoms with Crippen molar-refractivity contribution < 1.29 is 9.72 Å². The van der Waals surface area contributed by atoms with E-state index in [0.29, 0.717) is 16.5 Å². The van der Waals surface area contributed by atoms with Gasteiger partial charge in [-0.15, -0.1) is 6.42 Å². The molecule has 0 saturated heterocycles. The Morgan fingerprint density at radius 3 is 2.96 bits per heavy atom. The van der Waals surface area contributed by atoms with Crippen molar-refractivity contribution in [2.75, 3.05) is 11.1 Å². The number of hydrogen-bond acceptors (Lipinski definition) is 6. The van der Waals surface area contributed by atoms with Gasteiger partial charge >= 0.3 is 0 Å². The lowest BCUT2D eigenvalue weighted by Crippen LogP contribution is -2.31. The van der Waals surface area contributed by atoms with Crippen molar-refractivity contribution in [2.45, 2.75) is 17.5 Å². The zero-order chi connectivity index (χ0) is 18.0. The van der Waals surface area contributed by atoms with Gasteiger partial charge in [-0.1, -0.05) is 29.8 Å². The van der Waals surface area contributed by atoms with E-state index in [4.69, 9.17) is 6.42 Å². The Labute approximate surface area is 146 Å². The number of nitro groups is 1. The molecule has 126 valence electrons. The molecule has 0 aliphatic carbocycles. The molecule has 1 unspecified atom stereocenters. The van der Waals surface area contributed by atoms with Crippen LogP contribution in [0.1, 0.15) is 23.5 Å². The maximum absolute atomic E-state index is 12.5. The highest BCUT2D eigenvalue weighted by Crippen LogP contribution is 2.35. The number of nitro benzene ring substituents is 1. The number of aromatic nitrogens is 2. The highest BCUT2D eigenvalue weighted by Gasteiger charge is 2.31. The van der Waals surface area contributed by atoms with Crippen LogP contribution in [-0.2, 0) is 4.79 Å². The zero-order valence-electron chi connectivity index (χ0n) is 12.8. The summed E-state index contributed by atoms with van der Waals surface area (Å²) in [6, 6.07) is 5.90. The highest BCUT2D eigenvalue weighted by molar-refractivity contribution is 7.99. The Kier molecular flexibility index (Phi) is 4.54. The molecule has 25 heavy (non-hydrogen) atoms. The number of anilines is 1. The lowest BCUT2D eigenvalue weighted by atomic mass is 9.86. The maximum Gasteiger partial charge on any atom is 0.269 e. The molecule has 1 atom stereocenters. The number of hydrogen-bond donors (Lipinski definition) is 2. The van der Waals surface area contributed by atoms with Gasteiger partial charge in [-0.25, -0.2) is 4.98 Å². The number of thioether (sulfide) groups is 1. The highest BCUT2D eigenvalue weighted by atomic mass is 32.2. The molecule has 1 aliphatic heterocycles. The fraction of sp³-hybridized carbons (Fsp3) is 0.188. The van der Waals surface area contributed by atoms with Gasteiger partial charge in [0, 0.05) is 24.5 Å². The molecule has 9 heteroatoms. The maximum atomic E-state index is 12.5. The summed E-state index contributed by atoms with van der Waals surface area (Å²) in [5.74, 6) is 2.00. The van der Waals surface area contributed by atoms with Gasteiger partial charge < -0.3 is 10.3 Å². The Hall–Kier alpha value is -3.12. The van der Waals surface area contributed by atoms with Crippen LogP contribution in [0.25, 0.3) is 0 Å². The second-order valence-electron chi connectivity index (χ2n) is 5.28. The number of H-pyrrole nitrogens is 1. The molecule has 0 saturated carbocycles. The second-order valence-corrected chi connectivity index (χ2v) is 6.25. The van der Waals surface area contributed by atoms with Crippen LogP contribution >= 0.6 is 11.8 Å². The molecule has 3 rings (SSSR count). The first kappa shape index (κ1) is 16.7. The van der Waals surface area contributed by atoms with E-state index in [1.807, 2.05) is 0 Å². The van der Waals surface area contributed by atoms with Crippen molar-refractivity contribution in [3.8, 4) is 12.3 Å². The third-order valence-corrected chi connectivity index (χ3v) is 4.48. The average molecular weight is 356 g/mol. The van der Waals surface area contributed by atoms with Gasteiger partial charge in [0.25, 0.3) is 11.2 Å². The Morgan fingerprint density at radius 2 is 2.24 bits per heavy atom. The van der Waals surface area contributed by atoms with Crippen LogP contribution in [0.2, 0.25) is 0 Å². The molecule has 0 bridgehead atoms. The van der Waals surface area contributed by atoms with E-state index in [9.17, 15) is 19.7 Å². The lowest BCUT2D eigenvalue weighted by molar-refractivity contribution is -0.384. The molecule has 2 N–H and O–H groups in total. The molecule has 1 aliphatic rings. The van der Waals surface area contributed by atoms with Crippen LogP contribution in [0.3, 0.4) is 0 Å². The van der Waals surface area contributed by atoms with Crippen molar-refractivity contribution in [1.29, 1.82) is 0 Å². The normalized spacial score (nSPS) is 15.8. The molecule has 0 radical (unpaired) electrons. The van der Waals surface area contributed by atoms with Gasteiger partial charge in [-0.2, -0.15) is 0 Å². The van der Waals surface area contributed by atoms with Gasteiger partial charge in [0.05, 0.1) is 16.2 Å². The number of carbonyl (C=O) groups is 1. The number of non-ortho nitro benzene ring substituents is 1. The molecule has 1 aromatic carbocycles. The number of fused-ring (bicyclic) bond motifs is 1. The zero-order valence-corrected chi connectivity index (χ0v) is 13.6. The van der Waals surface area contributed by atoms with Crippen molar-refractivity contribution in [1.82, 2.24) is 9.97 Å². The minimum absolute atomic E-state index is 0.00970. The standard InChI is InChI=1S/C16H12N4O4S/c1-2-6-25-16-18-14-13(15(22)19-16)11(8-12(21)17-14)9-4-3-5-10(7-9)20(23)24/h1,3-5,7,11H,6,8H2,(H2,17,18,19,21,22). The van der Waals surface area contributed by atoms with Crippen LogP contribution < -0.4 is 10.9 Å². The van der Waals surface area contributed by atoms with E-state index < -0.39 is 16.4 Å². The largest absolute Gasteiger partial charge is 0.310 e. The minimum atomic E-state index is -0.605. The summed E-state index contributed by atoms with van der Waals surface area (Å²) in [6.07, 6.45) is 5.21. The number of carbonyl (C=O) groups excluding carboxylic acids is 1. The van der Waals surface area contributed by atoms with E-state index in [1.54, 1.807) is 6.07 Å². The molecule has 2 heterocycles. The van der Waals surface area contributed by atoms with E-state index in [0.717, 1.165) is 0 Å². The summed E-state index contributed by atoms with van der Waals surface area (Å²) >= 11 is 1.17. The first-order valence-electron chi connectivity index (χ1n) is 7.24.